The maximum Gasteiger partial charge on any atom is 0.214 e. The van der Waals surface area contributed by atoms with Gasteiger partial charge < -0.3 is 5.32 Å². The van der Waals surface area contributed by atoms with Crippen molar-refractivity contribution in [1.29, 1.82) is 0 Å². The maximum atomic E-state index is 4.44. The van der Waals surface area contributed by atoms with Gasteiger partial charge in [-0.25, -0.2) is 5.01 Å². The Balaban J connectivity index is 1.78. The van der Waals surface area contributed by atoms with Crippen LogP contribution in [0.2, 0.25) is 0 Å². The van der Waals surface area contributed by atoms with E-state index in [2.05, 4.69) is 57.9 Å². The number of nitrogens with one attached hydrogen (secondary N) is 1. The number of hydrazone groups is 1. The summed E-state index contributed by atoms with van der Waals surface area (Å²) < 4.78 is 0. The van der Waals surface area contributed by atoms with E-state index in [1.54, 1.807) is 5.01 Å². The lowest BCUT2D eigenvalue weighted by molar-refractivity contribution is 0.503. The third kappa shape index (κ3) is 2.79. The molecule has 3 rings (SSSR count). The molecule has 2 aromatic carbocycles. The van der Waals surface area contributed by atoms with Crippen LogP contribution < -0.4 is 5.32 Å². The molecule has 0 atom stereocenters. The van der Waals surface area contributed by atoms with Gasteiger partial charge in [-0.05, 0) is 28.8 Å². The fourth-order valence-corrected chi connectivity index (χ4v) is 2.23. The number of hydrogen-bond donors (Lipinski definition) is 1. The van der Waals surface area contributed by atoms with Crippen LogP contribution in [0.25, 0.3) is 10.8 Å². The zero-order chi connectivity index (χ0) is 13.8. The summed E-state index contributed by atoms with van der Waals surface area (Å²) in [6.45, 7) is 1.84. The summed E-state index contributed by atoms with van der Waals surface area (Å²) in [6.07, 6.45) is 2.96. The second-order valence-electron chi connectivity index (χ2n) is 4.86. The molecule has 1 aliphatic heterocycles. The number of benzene rings is 2. The van der Waals surface area contributed by atoms with Gasteiger partial charge in [-0.1, -0.05) is 36.4 Å². The molecule has 0 fully saturated rings. The van der Waals surface area contributed by atoms with Gasteiger partial charge in [0.1, 0.15) is 0 Å². The molecule has 1 heterocycles. The highest BCUT2D eigenvalue weighted by Gasteiger charge is 2.07. The number of aliphatic imine (C=N–C) groups is 1. The van der Waals surface area contributed by atoms with E-state index in [4.69, 9.17) is 0 Å². The van der Waals surface area contributed by atoms with Crippen molar-refractivity contribution in [2.24, 2.45) is 10.1 Å². The Morgan fingerprint density at radius 3 is 2.85 bits per heavy atom. The van der Waals surface area contributed by atoms with Crippen molar-refractivity contribution < 1.29 is 0 Å². The first-order valence-corrected chi connectivity index (χ1v) is 6.88. The van der Waals surface area contributed by atoms with Crippen molar-refractivity contribution in [3.63, 3.8) is 0 Å². The standard InChI is InChI=1S/C16H18N4/c1-20(16-17-9-4-10-18-16)19-12-13-7-8-14-5-2-3-6-15(14)11-13/h2-3,5-8,11-12H,4,9-10H2,1H3,(H,17,18)/b19-12+. The molecule has 102 valence electrons. The normalized spacial score (nSPS) is 15.2. The number of guanidine groups is 1. The molecule has 0 aromatic heterocycles. The minimum Gasteiger partial charge on any atom is -0.355 e. The molecule has 0 saturated carbocycles. The summed E-state index contributed by atoms with van der Waals surface area (Å²) in [5.41, 5.74) is 1.09. The van der Waals surface area contributed by atoms with E-state index in [9.17, 15) is 0 Å². The minimum atomic E-state index is 0.841. The molecule has 1 aliphatic rings. The van der Waals surface area contributed by atoms with Gasteiger partial charge in [0.05, 0.1) is 6.21 Å². The van der Waals surface area contributed by atoms with Crippen molar-refractivity contribution in [2.75, 3.05) is 20.1 Å². The summed E-state index contributed by atoms with van der Waals surface area (Å²) in [6, 6.07) is 14.7. The Morgan fingerprint density at radius 1 is 1.20 bits per heavy atom. The van der Waals surface area contributed by atoms with E-state index < -0.39 is 0 Å². The van der Waals surface area contributed by atoms with Gasteiger partial charge in [0.2, 0.25) is 5.96 Å². The van der Waals surface area contributed by atoms with Gasteiger partial charge >= 0.3 is 0 Å². The second-order valence-corrected chi connectivity index (χ2v) is 4.86. The molecule has 0 radical (unpaired) electrons. The SMILES string of the molecule is CN(/N=C/c1ccc2ccccc2c1)C1=NCCCN1. The average Bonchev–Trinajstić information content (AvgIpc) is 2.53. The lowest BCUT2D eigenvalue weighted by Gasteiger charge is -2.20. The van der Waals surface area contributed by atoms with Gasteiger partial charge in [0.15, 0.2) is 0 Å². The highest BCUT2D eigenvalue weighted by atomic mass is 15.5. The Labute approximate surface area is 118 Å². The molecular formula is C16H18N4. The third-order valence-electron chi connectivity index (χ3n) is 3.34. The Morgan fingerprint density at radius 2 is 2.05 bits per heavy atom. The van der Waals surface area contributed by atoms with Crippen LogP contribution in [-0.2, 0) is 0 Å². The van der Waals surface area contributed by atoms with Gasteiger partial charge in [0.25, 0.3) is 0 Å². The fourth-order valence-electron chi connectivity index (χ4n) is 2.23. The van der Waals surface area contributed by atoms with Crippen molar-refractivity contribution >= 4 is 22.9 Å². The van der Waals surface area contributed by atoms with Crippen LogP contribution in [0.15, 0.2) is 52.6 Å². The summed E-state index contributed by atoms with van der Waals surface area (Å²) in [4.78, 5) is 4.41. The molecule has 4 heteroatoms. The van der Waals surface area contributed by atoms with Crippen LogP contribution in [0.3, 0.4) is 0 Å². The molecule has 1 N–H and O–H groups in total. The molecule has 0 amide bonds. The largest absolute Gasteiger partial charge is 0.355 e. The number of rotatable bonds is 2. The van der Waals surface area contributed by atoms with E-state index in [1.807, 2.05) is 13.3 Å². The van der Waals surface area contributed by atoms with E-state index in [1.165, 1.54) is 10.8 Å². The van der Waals surface area contributed by atoms with Crippen LogP contribution >= 0.6 is 0 Å². The van der Waals surface area contributed by atoms with E-state index in [-0.39, 0.29) is 0 Å². The van der Waals surface area contributed by atoms with E-state index >= 15 is 0 Å². The first-order chi connectivity index (χ1) is 9.83. The number of fused-ring (bicyclic) bond motifs is 1. The van der Waals surface area contributed by atoms with Crippen LogP contribution in [0.5, 0.6) is 0 Å². The van der Waals surface area contributed by atoms with Crippen LogP contribution in [0, 0.1) is 0 Å². The maximum absolute atomic E-state index is 4.44. The summed E-state index contributed by atoms with van der Waals surface area (Å²) >= 11 is 0. The Kier molecular flexibility index (Phi) is 3.63. The lowest BCUT2D eigenvalue weighted by atomic mass is 10.1. The van der Waals surface area contributed by atoms with E-state index in [0.29, 0.717) is 0 Å². The van der Waals surface area contributed by atoms with Crippen molar-refractivity contribution in [3.05, 3.63) is 48.0 Å². The van der Waals surface area contributed by atoms with Gasteiger partial charge in [-0.15, -0.1) is 0 Å². The molecule has 4 nitrogen and oxygen atoms in total. The quantitative estimate of drug-likeness (QED) is 0.670. The van der Waals surface area contributed by atoms with Crippen molar-refractivity contribution in [3.8, 4) is 0 Å². The van der Waals surface area contributed by atoms with Crippen molar-refractivity contribution in [2.45, 2.75) is 6.42 Å². The monoisotopic (exact) mass is 266 g/mol. The molecule has 0 saturated heterocycles. The highest BCUT2D eigenvalue weighted by Crippen LogP contribution is 2.14. The van der Waals surface area contributed by atoms with Crippen LogP contribution in [-0.4, -0.2) is 37.3 Å². The van der Waals surface area contributed by atoms with Crippen molar-refractivity contribution in [1.82, 2.24) is 10.3 Å². The second kappa shape index (κ2) is 5.74. The smallest absolute Gasteiger partial charge is 0.214 e. The molecule has 20 heavy (non-hydrogen) atoms. The van der Waals surface area contributed by atoms with Crippen LogP contribution in [0.4, 0.5) is 0 Å². The molecule has 0 aliphatic carbocycles. The third-order valence-corrected chi connectivity index (χ3v) is 3.34. The molecule has 0 bridgehead atoms. The Bertz CT molecular complexity index is 660. The molecule has 0 unspecified atom stereocenters. The average molecular weight is 266 g/mol. The highest BCUT2D eigenvalue weighted by molar-refractivity contribution is 5.91. The number of hydrogen-bond acceptors (Lipinski definition) is 4. The van der Waals surface area contributed by atoms with Gasteiger partial charge in [0, 0.05) is 20.1 Å². The topological polar surface area (TPSA) is 40.0 Å². The van der Waals surface area contributed by atoms with Gasteiger partial charge in [-0.2, -0.15) is 5.10 Å². The molecule has 2 aromatic rings. The summed E-state index contributed by atoms with van der Waals surface area (Å²) in [5.74, 6) is 0.841. The zero-order valence-corrected chi connectivity index (χ0v) is 11.6. The van der Waals surface area contributed by atoms with Crippen LogP contribution in [0.1, 0.15) is 12.0 Å². The van der Waals surface area contributed by atoms with E-state index in [0.717, 1.165) is 31.0 Å². The Hall–Kier alpha value is -2.36. The predicted octanol–water partition coefficient (Wildman–Crippen LogP) is 2.45. The molecule has 0 spiro atoms. The predicted molar refractivity (Wildman–Crippen MR) is 84.2 cm³/mol. The lowest BCUT2D eigenvalue weighted by Crippen LogP contribution is -2.39. The fraction of sp³-hybridized carbons (Fsp3) is 0.250. The van der Waals surface area contributed by atoms with Gasteiger partial charge in [-0.3, -0.25) is 4.99 Å². The summed E-state index contributed by atoms with van der Waals surface area (Å²) in [7, 11) is 1.91. The first kappa shape index (κ1) is 12.7. The molecular weight excluding hydrogens is 248 g/mol. The number of nitrogens with zero attached hydrogens (tertiary/aromatic N) is 3. The zero-order valence-electron chi connectivity index (χ0n) is 11.6. The minimum absolute atomic E-state index is 0.841. The summed E-state index contributed by atoms with van der Waals surface area (Å²) in [5, 5.41) is 11.9. The first-order valence-electron chi connectivity index (χ1n) is 6.88.